The van der Waals surface area contributed by atoms with Gasteiger partial charge in [0.25, 0.3) is 0 Å². The molecule has 5 heteroatoms. The molecule has 0 radical (unpaired) electrons. The van der Waals surface area contributed by atoms with Crippen LogP contribution in [-0.4, -0.2) is 16.9 Å². The Labute approximate surface area is 145 Å². The van der Waals surface area contributed by atoms with E-state index < -0.39 is 0 Å². The zero-order chi connectivity index (χ0) is 17.0. The van der Waals surface area contributed by atoms with E-state index in [9.17, 15) is 9.18 Å². The van der Waals surface area contributed by atoms with Crippen LogP contribution in [0.5, 0.6) is 0 Å². The first-order valence-corrected chi connectivity index (χ1v) is 9.05. The third-order valence-electron chi connectivity index (χ3n) is 4.51. The molecule has 1 aliphatic heterocycles. The lowest BCUT2D eigenvalue weighted by Crippen LogP contribution is -2.33. The van der Waals surface area contributed by atoms with E-state index in [0.717, 1.165) is 41.7 Å². The molecule has 2 aromatic carbocycles. The molecule has 0 bridgehead atoms. The topological polar surface area (TPSA) is 49.3 Å². The van der Waals surface area contributed by atoms with Gasteiger partial charge in [0, 0.05) is 11.2 Å². The summed E-state index contributed by atoms with van der Waals surface area (Å²) >= 11 is 1.79. The number of carbonyl (C=O) groups is 1. The highest BCUT2D eigenvalue weighted by atomic mass is 32.2. The summed E-state index contributed by atoms with van der Waals surface area (Å²) in [4.78, 5) is 11.8. The Balaban J connectivity index is 1.88. The number of hydrogen-bond acceptors (Lipinski definition) is 3. The number of halogens is 1. The fraction of sp³-hybridized carbons (Fsp3) is 0.316. The molecule has 0 saturated carbocycles. The van der Waals surface area contributed by atoms with Crippen molar-refractivity contribution in [2.24, 2.45) is 0 Å². The lowest BCUT2D eigenvalue weighted by Gasteiger charge is -2.36. The molecule has 0 spiro atoms. The number of hydrogen-bond donors (Lipinski definition) is 2. The molecule has 2 N–H and O–H groups in total. The fourth-order valence-electron chi connectivity index (χ4n) is 3.23. The zero-order valence-electron chi connectivity index (χ0n) is 13.3. The van der Waals surface area contributed by atoms with E-state index in [2.05, 4.69) is 0 Å². The van der Waals surface area contributed by atoms with Crippen molar-refractivity contribution in [3.63, 3.8) is 0 Å². The van der Waals surface area contributed by atoms with E-state index in [4.69, 9.17) is 5.21 Å². The molecular weight excluding hydrogens is 325 g/mol. The van der Waals surface area contributed by atoms with Crippen molar-refractivity contribution in [1.82, 2.24) is 5.48 Å². The molecule has 3 nitrogen and oxygen atoms in total. The highest BCUT2D eigenvalue weighted by molar-refractivity contribution is 8.00. The lowest BCUT2D eigenvalue weighted by molar-refractivity contribution is -0.129. The predicted octanol–water partition coefficient (Wildman–Crippen LogP) is 4.50. The van der Waals surface area contributed by atoms with Gasteiger partial charge in [-0.05, 0) is 47.4 Å². The van der Waals surface area contributed by atoms with Crippen LogP contribution in [-0.2, 0) is 9.54 Å². The van der Waals surface area contributed by atoms with Gasteiger partial charge in [0.2, 0.25) is 5.91 Å². The average molecular weight is 345 g/mol. The molecule has 2 aromatic rings. The molecule has 3 rings (SSSR count). The van der Waals surface area contributed by atoms with Crippen molar-refractivity contribution >= 4 is 17.7 Å². The van der Waals surface area contributed by atoms with Gasteiger partial charge in [0.05, 0.1) is 0 Å². The Morgan fingerprint density at radius 2 is 1.71 bits per heavy atom. The molecule has 1 amide bonds. The Kier molecular flexibility index (Phi) is 5.21. The summed E-state index contributed by atoms with van der Waals surface area (Å²) < 4.78 is 12.8. The maximum absolute atomic E-state index is 13.1. The predicted molar refractivity (Wildman–Crippen MR) is 94.4 cm³/mol. The Hall–Kier alpha value is -1.85. The summed E-state index contributed by atoms with van der Waals surface area (Å²) in [5.41, 5.74) is 4.84. The largest absolute Gasteiger partial charge is 0.289 e. The minimum absolute atomic E-state index is 0.247. The van der Waals surface area contributed by atoms with Crippen LogP contribution >= 0.6 is 11.8 Å². The van der Waals surface area contributed by atoms with E-state index in [0.29, 0.717) is 0 Å². The maximum atomic E-state index is 13.1. The summed E-state index contributed by atoms with van der Waals surface area (Å²) in [6, 6.07) is 14.5. The number of thioether (sulfide) groups is 1. The van der Waals surface area contributed by atoms with Gasteiger partial charge in [0.15, 0.2) is 0 Å². The smallest absolute Gasteiger partial charge is 0.245 e. The molecule has 1 unspecified atom stereocenters. The van der Waals surface area contributed by atoms with Crippen LogP contribution in [0.4, 0.5) is 4.39 Å². The van der Waals surface area contributed by atoms with E-state index in [1.54, 1.807) is 29.4 Å². The van der Waals surface area contributed by atoms with E-state index in [1.165, 1.54) is 12.1 Å². The van der Waals surface area contributed by atoms with Crippen LogP contribution in [0.25, 0.3) is 11.1 Å². The van der Waals surface area contributed by atoms with Crippen LogP contribution in [0.1, 0.15) is 31.2 Å². The zero-order valence-corrected chi connectivity index (χ0v) is 14.1. The van der Waals surface area contributed by atoms with Crippen molar-refractivity contribution in [2.45, 2.75) is 30.4 Å². The minimum Gasteiger partial charge on any atom is -0.289 e. The summed E-state index contributed by atoms with van der Waals surface area (Å²) in [6.07, 6.45) is 3.41. The van der Waals surface area contributed by atoms with Crippen LogP contribution in [0.2, 0.25) is 0 Å². The van der Waals surface area contributed by atoms with E-state index >= 15 is 0 Å². The minimum atomic E-state index is -0.355. The average Bonchev–Trinajstić information content (AvgIpc) is 2.63. The van der Waals surface area contributed by atoms with Gasteiger partial charge in [-0.3, -0.25) is 10.0 Å². The van der Waals surface area contributed by atoms with E-state index in [1.807, 2.05) is 24.3 Å². The first-order valence-electron chi connectivity index (χ1n) is 8.06. The fourth-order valence-corrected chi connectivity index (χ4v) is 4.79. The van der Waals surface area contributed by atoms with Crippen molar-refractivity contribution < 1.29 is 14.4 Å². The van der Waals surface area contributed by atoms with Crippen LogP contribution in [0.3, 0.4) is 0 Å². The molecule has 0 aliphatic carbocycles. The molecule has 1 atom stereocenters. The normalized spacial score (nSPS) is 20.6. The van der Waals surface area contributed by atoms with Gasteiger partial charge in [0.1, 0.15) is 5.82 Å². The third-order valence-corrected chi connectivity index (χ3v) is 6.14. The highest BCUT2D eigenvalue weighted by Crippen LogP contribution is 2.47. The monoisotopic (exact) mass is 345 g/mol. The summed E-state index contributed by atoms with van der Waals surface area (Å²) in [5.74, 6) is 0.410. The molecule has 1 aliphatic rings. The van der Waals surface area contributed by atoms with Crippen molar-refractivity contribution in [1.29, 1.82) is 0 Å². The first-order chi connectivity index (χ1) is 11.6. The van der Waals surface area contributed by atoms with Crippen molar-refractivity contribution in [3.8, 4) is 11.1 Å². The summed E-state index contributed by atoms with van der Waals surface area (Å²) in [6.45, 7) is 0. The van der Waals surface area contributed by atoms with Crippen molar-refractivity contribution in [3.05, 3.63) is 59.9 Å². The second kappa shape index (κ2) is 7.36. The quantitative estimate of drug-likeness (QED) is 0.633. The van der Waals surface area contributed by atoms with E-state index in [-0.39, 0.29) is 22.9 Å². The number of benzene rings is 2. The first kappa shape index (κ1) is 17.0. The second-order valence-corrected chi connectivity index (χ2v) is 7.57. The second-order valence-electron chi connectivity index (χ2n) is 6.10. The standard InChI is InChI=1S/C19H20FNO2S/c20-17-9-5-15(6-10-17)14-3-7-16(8-4-14)19(13-18(22)21-23)11-1-2-12-24-19/h3-10,23H,1-2,11-13H2,(H,21,22). The number of nitrogens with one attached hydrogen (secondary N) is 1. The van der Waals surface area contributed by atoms with Gasteiger partial charge in [-0.2, -0.15) is 0 Å². The molecular formula is C19H20FNO2S. The van der Waals surface area contributed by atoms with Crippen LogP contribution in [0, 0.1) is 5.82 Å². The Morgan fingerprint density at radius 1 is 1.08 bits per heavy atom. The van der Waals surface area contributed by atoms with Gasteiger partial charge < -0.3 is 0 Å². The highest BCUT2D eigenvalue weighted by Gasteiger charge is 2.36. The molecule has 1 saturated heterocycles. The number of hydroxylamine groups is 1. The molecule has 126 valence electrons. The maximum Gasteiger partial charge on any atom is 0.245 e. The molecule has 0 aromatic heterocycles. The molecule has 24 heavy (non-hydrogen) atoms. The molecule has 1 heterocycles. The van der Waals surface area contributed by atoms with Crippen molar-refractivity contribution in [2.75, 3.05) is 5.75 Å². The van der Waals surface area contributed by atoms with Gasteiger partial charge in [-0.15, -0.1) is 11.8 Å². The summed E-state index contributed by atoms with van der Waals surface area (Å²) in [5, 5.41) is 8.90. The van der Waals surface area contributed by atoms with Gasteiger partial charge >= 0.3 is 0 Å². The lowest BCUT2D eigenvalue weighted by atomic mass is 9.87. The summed E-state index contributed by atoms with van der Waals surface area (Å²) in [7, 11) is 0. The van der Waals surface area contributed by atoms with Gasteiger partial charge in [-0.1, -0.05) is 42.8 Å². The number of amides is 1. The Morgan fingerprint density at radius 3 is 2.25 bits per heavy atom. The third kappa shape index (κ3) is 3.62. The van der Waals surface area contributed by atoms with Gasteiger partial charge in [-0.25, -0.2) is 9.87 Å². The SMILES string of the molecule is O=C(CC1(c2ccc(-c3ccc(F)cc3)cc2)CCCCS1)NO. The van der Waals surface area contributed by atoms with Crippen LogP contribution < -0.4 is 5.48 Å². The molecule has 1 fully saturated rings. The van der Waals surface area contributed by atoms with Crippen LogP contribution in [0.15, 0.2) is 48.5 Å². The Bertz CT molecular complexity index is 694. The number of rotatable bonds is 4. The number of carbonyl (C=O) groups excluding carboxylic acids is 1.